The molecule has 0 aromatic heterocycles. The molecule has 2 N–H and O–H groups in total. The lowest BCUT2D eigenvalue weighted by Gasteiger charge is -2.14. The summed E-state index contributed by atoms with van der Waals surface area (Å²) in [4.78, 5) is 2.40. The third kappa shape index (κ3) is 15.9. The van der Waals surface area contributed by atoms with Gasteiger partial charge in [-0.05, 0) is 45.8 Å². The van der Waals surface area contributed by atoms with Gasteiger partial charge in [0.2, 0.25) is 0 Å². The van der Waals surface area contributed by atoms with Crippen molar-refractivity contribution in [2.45, 2.75) is 59.3 Å². The van der Waals surface area contributed by atoms with Crippen molar-refractivity contribution in [2.24, 2.45) is 5.73 Å². The van der Waals surface area contributed by atoms with Crippen LogP contribution in [0.25, 0.3) is 0 Å². The van der Waals surface area contributed by atoms with Crippen LogP contribution < -0.4 is 5.73 Å². The zero-order valence-electron chi connectivity index (χ0n) is 11.9. The van der Waals surface area contributed by atoms with Crippen LogP contribution in [0.4, 0.5) is 0 Å². The molecule has 0 aliphatic heterocycles. The van der Waals surface area contributed by atoms with E-state index < -0.39 is 0 Å². The first-order chi connectivity index (χ1) is 7.66. The normalized spacial score (nSPS) is 9.81. The Balaban J connectivity index is 0. The molecule has 0 amide bonds. The third-order valence-electron chi connectivity index (χ3n) is 2.39. The zero-order chi connectivity index (χ0) is 12.8. The molecule has 16 heavy (non-hydrogen) atoms. The van der Waals surface area contributed by atoms with E-state index in [9.17, 15) is 0 Å². The highest BCUT2D eigenvalue weighted by Crippen LogP contribution is 2.05. The summed E-state index contributed by atoms with van der Waals surface area (Å²) in [6.45, 7) is 12.4. The number of rotatable bonds is 9. The molecule has 0 rings (SSSR count). The molecule has 2 heteroatoms. The Morgan fingerprint density at radius 3 is 2.12 bits per heavy atom. The van der Waals surface area contributed by atoms with Gasteiger partial charge in [0.1, 0.15) is 0 Å². The van der Waals surface area contributed by atoms with Crippen molar-refractivity contribution in [2.75, 3.05) is 20.1 Å². The predicted octanol–water partition coefficient (Wildman–Crippen LogP) is 3.78. The SMILES string of the molecule is C=C(N)CCCCCCN(C)CCC.CC. The molecule has 0 spiro atoms. The number of allylic oxidation sites excluding steroid dienone is 1. The maximum absolute atomic E-state index is 5.49. The fraction of sp³-hybridized carbons (Fsp3) is 0.857. The van der Waals surface area contributed by atoms with Gasteiger partial charge in [0, 0.05) is 5.70 Å². The van der Waals surface area contributed by atoms with Gasteiger partial charge in [-0.1, -0.05) is 40.2 Å². The van der Waals surface area contributed by atoms with Crippen LogP contribution in [-0.4, -0.2) is 25.0 Å². The average molecular weight is 228 g/mol. The van der Waals surface area contributed by atoms with Gasteiger partial charge in [-0.25, -0.2) is 0 Å². The minimum absolute atomic E-state index is 0.827. The zero-order valence-corrected chi connectivity index (χ0v) is 11.9. The van der Waals surface area contributed by atoms with E-state index in [2.05, 4.69) is 25.5 Å². The number of hydrogen-bond acceptors (Lipinski definition) is 2. The summed E-state index contributed by atoms with van der Waals surface area (Å²) in [6.07, 6.45) is 7.37. The summed E-state index contributed by atoms with van der Waals surface area (Å²) in [5, 5.41) is 0. The van der Waals surface area contributed by atoms with E-state index in [0.717, 1.165) is 12.1 Å². The monoisotopic (exact) mass is 228 g/mol. The quantitative estimate of drug-likeness (QED) is 0.609. The number of nitrogens with two attached hydrogens (primary N) is 1. The Kier molecular flexibility index (Phi) is 16.2. The summed E-state index contributed by atoms with van der Waals surface area (Å²) in [7, 11) is 2.20. The molecule has 0 bridgehead atoms. The van der Waals surface area contributed by atoms with Gasteiger partial charge in [0.25, 0.3) is 0 Å². The van der Waals surface area contributed by atoms with E-state index in [1.165, 1.54) is 45.2 Å². The van der Waals surface area contributed by atoms with E-state index in [-0.39, 0.29) is 0 Å². The molecular formula is C14H32N2. The Labute approximate surface area is 103 Å². The van der Waals surface area contributed by atoms with Crippen LogP contribution in [0.1, 0.15) is 59.3 Å². The van der Waals surface area contributed by atoms with E-state index in [4.69, 9.17) is 5.73 Å². The maximum Gasteiger partial charge on any atom is 0.000744 e. The first-order valence-electron chi connectivity index (χ1n) is 6.78. The smallest absolute Gasteiger partial charge is 0.000744 e. The first kappa shape index (κ1) is 17.9. The molecule has 0 heterocycles. The lowest BCUT2D eigenvalue weighted by molar-refractivity contribution is 0.324. The van der Waals surface area contributed by atoms with Crippen LogP contribution in [0.5, 0.6) is 0 Å². The van der Waals surface area contributed by atoms with Crippen molar-refractivity contribution < 1.29 is 0 Å². The van der Waals surface area contributed by atoms with Gasteiger partial charge < -0.3 is 10.6 Å². The molecule has 2 nitrogen and oxygen atoms in total. The van der Waals surface area contributed by atoms with Crippen molar-refractivity contribution in [1.29, 1.82) is 0 Å². The molecule has 0 atom stereocenters. The van der Waals surface area contributed by atoms with Crippen molar-refractivity contribution >= 4 is 0 Å². The Bertz CT molecular complexity index is 144. The molecule has 0 aromatic rings. The highest BCUT2D eigenvalue weighted by atomic mass is 15.1. The second-order valence-electron chi connectivity index (χ2n) is 4.13. The summed E-state index contributed by atoms with van der Waals surface area (Å²) in [5.41, 5.74) is 6.32. The largest absolute Gasteiger partial charge is 0.403 e. The van der Waals surface area contributed by atoms with Crippen LogP contribution >= 0.6 is 0 Å². The number of unbranched alkanes of at least 4 members (excludes halogenated alkanes) is 3. The van der Waals surface area contributed by atoms with Crippen molar-refractivity contribution in [3.63, 3.8) is 0 Å². The van der Waals surface area contributed by atoms with Crippen LogP contribution in [0, 0.1) is 0 Å². The van der Waals surface area contributed by atoms with Gasteiger partial charge in [-0.15, -0.1) is 0 Å². The lowest BCUT2D eigenvalue weighted by atomic mass is 10.1. The highest BCUT2D eigenvalue weighted by molar-refractivity contribution is 4.84. The molecule has 0 aliphatic carbocycles. The third-order valence-corrected chi connectivity index (χ3v) is 2.39. The average Bonchev–Trinajstić information content (AvgIpc) is 2.26. The van der Waals surface area contributed by atoms with Crippen molar-refractivity contribution in [3.05, 3.63) is 12.3 Å². The molecular weight excluding hydrogens is 196 g/mol. The number of nitrogens with zero attached hydrogens (tertiary/aromatic N) is 1. The summed E-state index contributed by atoms with van der Waals surface area (Å²) >= 11 is 0. The number of hydrogen-bond donors (Lipinski definition) is 1. The minimum Gasteiger partial charge on any atom is -0.403 e. The van der Waals surface area contributed by atoms with Gasteiger partial charge in [-0.2, -0.15) is 0 Å². The van der Waals surface area contributed by atoms with Crippen molar-refractivity contribution in [3.8, 4) is 0 Å². The molecule has 0 fully saturated rings. The first-order valence-corrected chi connectivity index (χ1v) is 6.78. The lowest BCUT2D eigenvalue weighted by Crippen LogP contribution is -2.20. The Morgan fingerprint density at radius 2 is 1.62 bits per heavy atom. The molecule has 98 valence electrons. The Morgan fingerprint density at radius 1 is 1.06 bits per heavy atom. The second kappa shape index (κ2) is 14.5. The van der Waals surface area contributed by atoms with Crippen LogP contribution in [0.3, 0.4) is 0 Å². The predicted molar refractivity (Wildman–Crippen MR) is 75.5 cm³/mol. The van der Waals surface area contributed by atoms with Gasteiger partial charge in [0.15, 0.2) is 0 Å². The van der Waals surface area contributed by atoms with E-state index >= 15 is 0 Å². The Hall–Kier alpha value is -0.500. The van der Waals surface area contributed by atoms with E-state index in [1.54, 1.807) is 0 Å². The fourth-order valence-electron chi connectivity index (χ4n) is 1.58. The van der Waals surface area contributed by atoms with Crippen LogP contribution in [0.15, 0.2) is 12.3 Å². The molecule has 0 radical (unpaired) electrons. The summed E-state index contributed by atoms with van der Waals surface area (Å²) in [6, 6.07) is 0. The second-order valence-corrected chi connectivity index (χ2v) is 4.13. The van der Waals surface area contributed by atoms with Crippen LogP contribution in [0.2, 0.25) is 0 Å². The van der Waals surface area contributed by atoms with Gasteiger partial charge in [0.05, 0.1) is 0 Å². The molecule has 0 aromatic carbocycles. The molecule has 0 saturated heterocycles. The topological polar surface area (TPSA) is 29.3 Å². The summed E-state index contributed by atoms with van der Waals surface area (Å²) < 4.78 is 0. The molecule has 0 saturated carbocycles. The molecule has 0 aliphatic rings. The molecule has 0 unspecified atom stereocenters. The van der Waals surface area contributed by atoms with Gasteiger partial charge in [-0.3, -0.25) is 0 Å². The van der Waals surface area contributed by atoms with Crippen LogP contribution in [-0.2, 0) is 0 Å². The fourth-order valence-corrected chi connectivity index (χ4v) is 1.58. The van der Waals surface area contributed by atoms with Crippen molar-refractivity contribution in [1.82, 2.24) is 4.90 Å². The minimum atomic E-state index is 0.827. The summed E-state index contributed by atoms with van der Waals surface area (Å²) in [5.74, 6) is 0. The van der Waals surface area contributed by atoms with E-state index in [0.29, 0.717) is 0 Å². The maximum atomic E-state index is 5.49. The highest BCUT2D eigenvalue weighted by Gasteiger charge is 1.96. The standard InChI is InChI=1S/C12H26N2.C2H6/c1-4-10-14(3)11-8-6-5-7-9-12(2)13;1-2/h2,4-11,13H2,1,3H3;1-2H3. The van der Waals surface area contributed by atoms with Gasteiger partial charge >= 0.3 is 0 Å². The van der Waals surface area contributed by atoms with E-state index in [1.807, 2.05) is 13.8 Å².